The van der Waals surface area contributed by atoms with E-state index in [2.05, 4.69) is 4.90 Å². The molecule has 0 aromatic rings. The van der Waals surface area contributed by atoms with Crippen molar-refractivity contribution in [2.24, 2.45) is 0 Å². The Hall–Kier alpha value is -0.420. The van der Waals surface area contributed by atoms with Gasteiger partial charge in [-0.25, -0.2) is 8.42 Å². The molecule has 16 heavy (non-hydrogen) atoms. The zero-order valence-corrected chi connectivity index (χ0v) is 10.3. The highest BCUT2D eigenvalue weighted by Crippen LogP contribution is 2.21. The van der Waals surface area contributed by atoms with Crippen molar-refractivity contribution in [1.82, 2.24) is 4.90 Å². The maximum absolute atomic E-state index is 11.5. The lowest BCUT2D eigenvalue weighted by Crippen LogP contribution is -2.40. The molecule has 1 atom stereocenters. The molecule has 5 heteroatoms. The zero-order valence-electron chi connectivity index (χ0n) is 9.52. The van der Waals surface area contributed by atoms with Gasteiger partial charge in [-0.2, -0.15) is 0 Å². The van der Waals surface area contributed by atoms with Crippen LogP contribution in [0.15, 0.2) is 0 Å². The minimum Gasteiger partial charge on any atom is -0.300 e. The highest BCUT2D eigenvalue weighted by molar-refractivity contribution is 7.91. The van der Waals surface area contributed by atoms with E-state index in [1.54, 1.807) is 0 Å². The van der Waals surface area contributed by atoms with Gasteiger partial charge in [-0.1, -0.05) is 0 Å². The summed E-state index contributed by atoms with van der Waals surface area (Å²) in [4.78, 5) is 13.6. The lowest BCUT2D eigenvalue weighted by molar-refractivity contribution is -0.122. The maximum atomic E-state index is 11.5. The molecule has 1 saturated heterocycles. The van der Waals surface area contributed by atoms with Gasteiger partial charge >= 0.3 is 0 Å². The lowest BCUT2D eigenvalue weighted by Gasteiger charge is -2.32. The quantitative estimate of drug-likeness (QED) is 0.679. The number of rotatable bonds is 1. The second kappa shape index (κ2) is 4.84. The van der Waals surface area contributed by atoms with Gasteiger partial charge in [0.1, 0.15) is 5.78 Å². The van der Waals surface area contributed by atoms with Crippen LogP contribution >= 0.6 is 0 Å². The second-order valence-corrected chi connectivity index (χ2v) is 7.13. The number of carbonyl (C=O) groups excluding carboxylic acids is 1. The fraction of sp³-hybridized carbons (Fsp3) is 0.909. The molecule has 92 valence electrons. The number of carbonyl (C=O) groups is 1. The Bertz CT molecular complexity index is 363. The summed E-state index contributed by atoms with van der Waals surface area (Å²) in [7, 11) is -2.83. The smallest absolute Gasteiger partial charge is 0.151 e. The highest BCUT2D eigenvalue weighted by Gasteiger charge is 2.28. The summed E-state index contributed by atoms with van der Waals surface area (Å²) < 4.78 is 22.9. The van der Waals surface area contributed by atoms with Crippen molar-refractivity contribution in [3.63, 3.8) is 0 Å². The Balaban J connectivity index is 1.96. The van der Waals surface area contributed by atoms with Gasteiger partial charge in [0.05, 0.1) is 11.5 Å². The van der Waals surface area contributed by atoms with Crippen molar-refractivity contribution < 1.29 is 13.2 Å². The summed E-state index contributed by atoms with van der Waals surface area (Å²) >= 11 is 0. The van der Waals surface area contributed by atoms with Gasteiger partial charge in [0.25, 0.3) is 0 Å². The number of sulfone groups is 1. The maximum Gasteiger partial charge on any atom is 0.151 e. The van der Waals surface area contributed by atoms with Crippen LogP contribution in [0.2, 0.25) is 0 Å². The first-order valence-electron chi connectivity index (χ1n) is 6.03. The number of hydrogen-bond donors (Lipinski definition) is 0. The fourth-order valence-corrected chi connectivity index (χ4v) is 3.92. The second-order valence-electron chi connectivity index (χ2n) is 4.83. The average Bonchev–Trinajstić information content (AvgIpc) is 2.39. The van der Waals surface area contributed by atoms with E-state index >= 15 is 0 Å². The highest BCUT2D eigenvalue weighted by atomic mass is 32.2. The third-order valence-electron chi connectivity index (χ3n) is 3.56. The molecule has 0 N–H and O–H groups in total. The first kappa shape index (κ1) is 12.0. The van der Waals surface area contributed by atoms with Crippen LogP contribution in [0, 0.1) is 0 Å². The van der Waals surface area contributed by atoms with E-state index in [9.17, 15) is 13.2 Å². The molecule has 2 fully saturated rings. The van der Waals surface area contributed by atoms with E-state index in [-0.39, 0.29) is 5.75 Å². The number of ketones is 1. The van der Waals surface area contributed by atoms with E-state index in [0.717, 1.165) is 19.4 Å². The summed E-state index contributed by atoms with van der Waals surface area (Å²) in [6.07, 6.45) is 4.06. The van der Waals surface area contributed by atoms with Crippen LogP contribution in [0.5, 0.6) is 0 Å². The monoisotopic (exact) mass is 245 g/mol. The number of hydrogen-bond acceptors (Lipinski definition) is 4. The molecule has 1 saturated carbocycles. The van der Waals surface area contributed by atoms with Crippen molar-refractivity contribution in [2.75, 3.05) is 24.6 Å². The van der Waals surface area contributed by atoms with Gasteiger partial charge in [-0.05, 0) is 25.8 Å². The molecule has 0 aromatic heterocycles. The predicted molar refractivity (Wildman–Crippen MR) is 62.1 cm³/mol. The van der Waals surface area contributed by atoms with E-state index in [0.29, 0.717) is 43.4 Å². The third-order valence-corrected chi connectivity index (χ3v) is 5.28. The van der Waals surface area contributed by atoms with Crippen molar-refractivity contribution >= 4 is 15.6 Å². The first-order chi connectivity index (χ1) is 7.57. The van der Waals surface area contributed by atoms with Gasteiger partial charge in [0, 0.05) is 25.4 Å². The van der Waals surface area contributed by atoms with Crippen molar-refractivity contribution in [3.8, 4) is 0 Å². The van der Waals surface area contributed by atoms with E-state index in [4.69, 9.17) is 0 Å². The molecule has 2 rings (SSSR count). The molecule has 0 bridgehead atoms. The minimum absolute atomic E-state index is 0.262. The van der Waals surface area contributed by atoms with Crippen LogP contribution in [0.4, 0.5) is 0 Å². The van der Waals surface area contributed by atoms with Crippen LogP contribution in [0.3, 0.4) is 0 Å². The normalized spacial score (nSPS) is 32.2. The average molecular weight is 245 g/mol. The Morgan fingerprint density at radius 2 is 1.94 bits per heavy atom. The van der Waals surface area contributed by atoms with Crippen molar-refractivity contribution in [3.05, 3.63) is 0 Å². The fourth-order valence-electron chi connectivity index (χ4n) is 2.64. The van der Waals surface area contributed by atoms with Gasteiger partial charge < -0.3 is 0 Å². The topological polar surface area (TPSA) is 54.5 Å². The van der Waals surface area contributed by atoms with Crippen LogP contribution in [-0.4, -0.2) is 49.7 Å². The molecular weight excluding hydrogens is 226 g/mol. The summed E-state index contributed by atoms with van der Waals surface area (Å²) in [5.41, 5.74) is 0. The molecule has 0 aromatic carbocycles. The van der Waals surface area contributed by atoms with Crippen LogP contribution in [-0.2, 0) is 14.6 Å². The predicted octanol–water partition coefficient (Wildman–Crippen LogP) is 0.619. The van der Waals surface area contributed by atoms with E-state index < -0.39 is 9.84 Å². The molecule has 1 heterocycles. The third kappa shape index (κ3) is 3.04. The van der Waals surface area contributed by atoms with Gasteiger partial charge in [-0.15, -0.1) is 0 Å². The first-order valence-corrected chi connectivity index (χ1v) is 7.85. The number of Topliss-reactive ketones (excluding diaryl/α,β-unsaturated/α-hetero) is 1. The van der Waals surface area contributed by atoms with Gasteiger partial charge in [0.15, 0.2) is 9.84 Å². The molecule has 2 aliphatic rings. The van der Waals surface area contributed by atoms with E-state index in [1.165, 1.54) is 0 Å². The van der Waals surface area contributed by atoms with Crippen molar-refractivity contribution in [2.45, 2.75) is 38.1 Å². The SMILES string of the molecule is O=C1CCCC(N2CCCS(=O)(=O)CC2)C1. The van der Waals surface area contributed by atoms with Crippen LogP contribution in [0.1, 0.15) is 32.1 Å². The van der Waals surface area contributed by atoms with E-state index in [1.807, 2.05) is 0 Å². The summed E-state index contributed by atoms with van der Waals surface area (Å²) in [6, 6.07) is 0.301. The Morgan fingerprint density at radius 1 is 1.12 bits per heavy atom. The van der Waals surface area contributed by atoms with Crippen LogP contribution < -0.4 is 0 Å². The standard InChI is InChI=1S/C11H19NO3S/c13-11-4-1-3-10(9-11)12-5-2-7-16(14,15)8-6-12/h10H,1-9H2. The van der Waals surface area contributed by atoms with Crippen molar-refractivity contribution in [1.29, 1.82) is 0 Å². The molecule has 0 radical (unpaired) electrons. The minimum atomic E-state index is -2.83. The largest absolute Gasteiger partial charge is 0.300 e. The molecular formula is C11H19NO3S. The zero-order chi connectivity index (χ0) is 11.6. The molecule has 1 aliphatic carbocycles. The van der Waals surface area contributed by atoms with Gasteiger partial charge in [0.2, 0.25) is 0 Å². The van der Waals surface area contributed by atoms with Gasteiger partial charge in [-0.3, -0.25) is 9.69 Å². The molecule has 1 aliphatic heterocycles. The summed E-state index contributed by atoms with van der Waals surface area (Å²) in [6.45, 7) is 1.44. The lowest BCUT2D eigenvalue weighted by atomic mass is 9.93. The molecule has 4 nitrogen and oxygen atoms in total. The molecule has 1 unspecified atom stereocenters. The van der Waals surface area contributed by atoms with Crippen LogP contribution in [0.25, 0.3) is 0 Å². The molecule has 0 amide bonds. The summed E-state index contributed by atoms with van der Waals surface area (Å²) in [5.74, 6) is 0.908. The Labute approximate surface area is 96.9 Å². The Morgan fingerprint density at radius 3 is 2.69 bits per heavy atom. The Kier molecular flexibility index (Phi) is 3.64. The number of nitrogens with zero attached hydrogens (tertiary/aromatic N) is 1. The molecule has 0 spiro atoms. The summed E-state index contributed by atoms with van der Waals surface area (Å²) in [5, 5.41) is 0.